The Morgan fingerprint density at radius 2 is 0.690 bits per heavy atom. The van der Waals surface area contributed by atoms with Crippen molar-refractivity contribution < 1.29 is 4.74 Å². The first-order chi connectivity index (χ1) is 14.4. The topological polar surface area (TPSA) is 9.23 Å². The van der Waals surface area contributed by atoms with Gasteiger partial charge in [-0.3, -0.25) is 0 Å². The highest BCUT2D eigenvalue weighted by Gasteiger charge is 2.33. The van der Waals surface area contributed by atoms with Crippen LogP contribution in [0.5, 0.6) is 0 Å². The maximum Gasteiger partial charge on any atom is 0.111 e. The Hall–Kier alpha value is -2.46. The van der Waals surface area contributed by atoms with Crippen LogP contribution in [0.25, 0.3) is 0 Å². The molecule has 2 heterocycles. The van der Waals surface area contributed by atoms with Gasteiger partial charge in [-0.05, 0) is 46.5 Å². The normalized spacial score (nSPS) is 15.2. The summed E-state index contributed by atoms with van der Waals surface area (Å²) in [6, 6.07) is 34.5. The van der Waals surface area contributed by atoms with Crippen molar-refractivity contribution in [2.75, 3.05) is 0 Å². The molecule has 3 heteroatoms. The van der Waals surface area contributed by atoms with Crippen molar-refractivity contribution in [1.29, 1.82) is 0 Å². The molecule has 4 aromatic rings. The third kappa shape index (κ3) is 2.93. The first-order valence-electron chi connectivity index (χ1n) is 9.75. The predicted octanol–water partition coefficient (Wildman–Crippen LogP) is 7.51. The van der Waals surface area contributed by atoms with Gasteiger partial charge in [-0.1, -0.05) is 96.3 Å². The van der Waals surface area contributed by atoms with Gasteiger partial charge < -0.3 is 4.74 Å². The third-order valence-electron chi connectivity index (χ3n) is 5.52. The van der Waals surface area contributed by atoms with Gasteiger partial charge in [-0.15, -0.1) is 0 Å². The van der Waals surface area contributed by atoms with Gasteiger partial charge in [0.15, 0.2) is 0 Å². The minimum absolute atomic E-state index is 0.0853. The summed E-state index contributed by atoms with van der Waals surface area (Å²) in [7, 11) is 0. The van der Waals surface area contributed by atoms with Crippen molar-refractivity contribution in [1.82, 2.24) is 0 Å². The summed E-state index contributed by atoms with van der Waals surface area (Å²) in [5.41, 5.74) is 5.02. The molecule has 0 aromatic heterocycles. The highest BCUT2D eigenvalue weighted by atomic mass is 32.2. The van der Waals surface area contributed by atoms with E-state index in [2.05, 4.69) is 97.1 Å². The van der Waals surface area contributed by atoms with E-state index in [1.807, 2.05) is 23.5 Å². The van der Waals surface area contributed by atoms with Gasteiger partial charge in [0.1, 0.15) is 12.2 Å². The number of ether oxygens (including phenoxy) is 1. The van der Waals surface area contributed by atoms with Crippen molar-refractivity contribution in [3.63, 3.8) is 0 Å². The zero-order valence-corrected chi connectivity index (χ0v) is 17.3. The van der Waals surface area contributed by atoms with Crippen LogP contribution < -0.4 is 0 Å². The monoisotopic (exact) mass is 410 g/mol. The number of benzene rings is 4. The molecule has 4 aromatic carbocycles. The van der Waals surface area contributed by atoms with Crippen LogP contribution in [0.2, 0.25) is 0 Å². The molecule has 0 fully saturated rings. The zero-order chi connectivity index (χ0) is 19.2. The van der Waals surface area contributed by atoms with Crippen LogP contribution in [-0.4, -0.2) is 0 Å². The standard InChI is InChI=1S/C26H18OS2/c1-5-13-21-17(9-1)25(18-10-2-6-14-22(18)28-21)27-26-19-11-3-7-15-23(19)29-24-16-8-4-12-20(24)26/h1-16,25-26H. The van der Waals surface area contributed by atoms with Crippen molar-refractivity contribution in [3.8, 4) is 0 Å². The van der Waals surface area contributed by atoms with E-state index in [1.54, 1.807) is 0 Å². The van der Waals surface area contributed by atoms with E-state index in [1.165, 1.54) is 41.8 Å². The van der Waals surface area contributed by atoms with Crippen LogP contribution in [-0.2, 0) is 4.74 Å². The highest BCUT2D eigenvalue weighted by Crippen LogP contribution is 2.52. The van der Waals surface area contributed by atoms with Crippen LogP contribution >= 0.6 is 23.5 Å². The maximum atomic E-state index is 7.01. The fraction of sp³-hybridized carbons (Fsp3) is 0.0769. The Balaban J connectivity index is 1.51. The molecule has 1 nitrogen and oxygen atoms in total. The summed E-state index contributed by atoms with van der Waals surface area (Å²) >= 11 is 3.67. The van der Waals surface area contributed by atoms with E-state index in [-0.39, 0.29) is 12.2 Å². The van der Waals surface area contributed by atoms with Crippen molar-refractivity contribution >= 4 is 23.5 Å². The molecule has 0 saturated carbocycles. The van der Waals surface area contributed by atoms with Gasteiger partial charge in [0.05, 0.1) is 0 Å². The van der Waals surface area contributed by atoms with Crippen LogP contribution in [0.1, 0.15) is 34.5 Å². The van der Waals surface area contributed by atoms with Crippen LogP contribution in [0.15, 0.2) is 117 Å². The lowest BCUT2D eigenvalue weighted by Crippen LogP contribution is -2.18. The number of hydrogen-bond donors (Lipinski definition) is 0. The molecule has 2 aliphatic rings. The van der Waals surface area contributed by atoms with Crippen molar-refractivity contribution in [2.45, 2.75) is 31.8 Å². The van der Waals surface area contributed by atoms with E-state index >= 15 is 0 Å². The average molecular weight is 411 g/mol. The first kappa shape index (κ1) is 17.4. The van der Waals surface area contributed by atoms with E-state index < -0.39 is 0 Å². The van der Waals surface area contributed by atoms with Gasteiger partial charge in [-0.25, -0.2) is 0 Å². The molecule has 0 radical (unpaired) electrons. The average Bonchev–Trinajstić information content (AvgIpc) is 2.78. The molecule has 0 atom stereocenters. The smallest absolute Gasteiger partial charge is 0.111 e. The Morgan fingerprint density at radius 1 is 0.414 bits per heavy atom. The second-order valence-corrected chi connectivity index (χ2v) is 9.42. The lowest BCUT2D eigenvalue weighted by atomic mass is 9.97. The number of fused-ring (bicyclic) bond motifs is 4. The Labute approximate surface area is 179 Å². The lowest BCUT2D eigenvalue weighted by molar-refractivity contribution is 0.0240. The summed E-state index contributed by atoms with van der Waals surface area (Å²) in [5.74, 6) is 0. The van der Waals surface area contributed by atoms with Gasteiger partial charge in [0, 0.05) is 19.6 Å². The summed E-state index contributed by atoms with van der Waals surface area (Å²) in [6.45, 7) is 0. The van der Waals surface area contributed by atoms with Gasteiger partial charge >= 0.3 is 0 Å². The number of rotatable bonds is 2. The second kappa shape index (κ2) is 7.10. The van der Waals surface area contributed by atoms with Gasteiger partial charge in [0.25, 0.3) is 0 Å². The predicted molar refractivity (Wildman–Crippen MR) is 119 cm³/mol. The molecule has 0 unspecified atom stereocenters. The Bertz CT molecular complexity index is 1030. The number of hydrogen-bond acceptors (Lipinski definition) is 3. The van der Waals surface area contributed by atoms with Crippen LogP contribution in [0.4, 0.5) is 0 Å². The molecule has 140 valence electrons. The molecule has 29 heavy (non-hydrogen) atoms. The van der Waals surface area contributed by atoms with E-state index in [4.69, 9.17) is 4.74 Å². The molecule has 2 aliphatic heterocycles. The largest absolute Gasteiger partial charge is 0.356 e. The van der Waals surface area contributed by atoms with Crippen LogP contribution in [0.3, 0.4) is 0 Å². The zero-order valence-electron chi connectivity index (χ0n) is 15.6. The van der Waals surface area contributed by atoms with E-state index in [0.717, 1.165) is 0 Å². The maximum absolute atomic E-state index is 7.01. The summed E-state index contributed by atoms with van der Waals surface area (Å²) < 4.78 is 7.01. The summed E-state index contributed by atoms with van der Waals surface area (Å²) in [5, 5.41) is 0. The molecule has 0 spiro atoms. The highest BCUT2D eigenvalue weighted by molar-refractivity contribution is 7.99. The summed E-state index contributed by atoms with van der Waals surface area (Å²) in [6.07, 6.45) is -0.171. The third-order valence-corrected chi connectivity index (χ3v) is 7.88. The van der Waals surface area contributed by atoms with Crippen molar-refractivity contribution in [3.05, 3.63) is 119 Å². The van der Waals surface area contributed by atoms with Gasteiger partial charge in [-0.2, -0.15) is 0 Å². The Morgan fingerprint density at radius 3 is 1.00 bits per heavy atom. The first-order valence-corrected chi connectivity index (χ1v) is 11.4. The fourth-order valence-corrected chi connectivity index (χ4v) is 6.39. The van der Waals surface area contributed by atoms with Crippen molar-refractivity contribution in [2.24, 2.45) is 0 Å². The molecular formula is C26H18OS2. The minimum atomic E-state index is -0.0853. The van der Waals surface area contributed by atoms with Crippen LogP contribution in [0, 0.1) is 0 Å². The van der Waals surface area contributed by atoms with Gasteiger partial charge in [0.2, 0.25) is 0 Å². The molecule has 0 saturated heterocycles. The molecule has 0 N–H and O–H groups in total. The minimum Gasteiger partial charge on any atom is -0.356 e. The molecular weight excluding hydrogens is 392 g/mol. The molecule has 0 bridgehead atoms. The fourth-order valence-electron chi connectivity index (χ4n) is 4.16. The molecule has 0 aliphatic carbocycles. The second-order valence-electron chi connectivity index (χ2n) is 7.25. The quantitative estimate of drug-likeness (QED) is 0.338. The van der Waals surface area contributed by atoms with E-state index in [9.17, 15) is 0 Å². The molecule has 0 amide bonds. The molecule has 6 rings (SSSR count). The SMILES string of the molecule is c1ccc2c(c1)Sc1ccccc1C2OC1c2ccccc2Sc2ccccc21. The van der Waals surface area contributed by atoms with E-state index in [0.29, 0.717) is 0 Å². The Kier molecular flexibility index (Phi) is 4.26. The summed E-state index contributed by atoms with van der Waals surface area (Å²) in [4.78, 5) is 5.12. The lowest BCUT2D eigenvalue weighted by Gasteiger charge is -2.34.